The van der Waals surface area contributed by atoms with Crippen molar-refractivity contribution in [3.05, 3.63) is 11.1 Å². The Morgan fingerprint density at radius 3 is 2.58 bits per heavy atom. The van der Waals surface area contributed by atoms with Gasteiger partial charge in [0.05, 0.1) is 5.60 Å². The first-order chi connectivity index (χ1) is 11.1. The van der Waals surface area contributed by atoms with Gasteiger partial charge in [-0.15, -0.1) is 0 Å². The van der Waals surface area contributed by atoms with Crippen molar-refractivity contribution in [2.45, 2.75) is 84.0 Å². The Balaban J connectivity index is 1.79. The van der Waals surface area contributed by atoms with Crippen LogP contribution in [0.3, 0.4) is 0 Å². The normalized spacial score (nSPS) is 50.0. The lowest BCUT2D eigenvalue weighted by atomic mass is 9.42. The summed E-state index contributed by atoms with van der Waals surface area (Å²) in [5.41, 5.74) is 0.610. The molecule has 4 rings (SSSR count). The molecule has 1 heterocycles. The van der Waals surface area contributed by atoms with Crippen LogP contribution >= 0.6 is 0 Å². The summed E-state index contributed by atoms with van der Waals surface area (Å²) in [5, 5.41) is 22.7. The molecule has 2 N–H and O–H groups in total. The molecule has 3 fully saturated rings. The van der Waals surface area contributed by atoms with E-state index in [0.717, 1.165) is 24.8 Å². The van der Waals surface area contributed by atoms with Gasteiger partial charge in [-0.1, -0.05) is 27.2 Å². The van der Waals surface area contributed by atoms with Gasteiger partial charge in [-0.25, -0.2) is 4.79 Å². The fourth-order valence-corrected chi connectivity index (χ4v) is 6.96. The second kappa shape index (κ2) is 4.85. The number of hydrogen-bond acceptors (Lipinski definition) is 4. The molecule has 134 valence electrons. The van der Waals surface area contributed by atoms with Crippen LogP contribution in [-0.2, 0) is 9.53 Å². The van der Waals surface area contributed by atoms with Crippen LogP contribution in [0.1, 0.15) is 66.2 Å². The zero-order chi connectivity index (χ0) is 17.5. The third-order valence-corrected chi connectivity index (χ3v) is 7.94. The number of aliphatic hydroxyl groups is 2. The van der Waals surface area contributed by atoms with Gasteiger partial charge in [0.2, 0.25) is 0 Å². The van der Waals surface area contributed by atoms with E-state index in [4.69, 9.17) is 4.74 Å². The van der Waals surface area contributed by atoms with Gasteiger partial charge < -0.3 is 14.9 Å². The highest BCUT2D eigenvalue weighted by molar-refractivity contribution is 5.92. The number of carbonyl (C=O) groups excluding carboxylic acids is 1. The molecule has 4 heteroatoms. The van der Waals surface area contributed by atoms with E-state index in [1.165, 1.54) is 6.42 Å². The summed E-state index contributed by atoms with van der Waals surface area (Å²) in [4.78, 5) is 12.0. The Hall–Kier alpha value is -0.870. The topological polar surface area (TPSA) is 66.8 Å². The first-order valence-electron chi connectivity index (χ1n) is 9.41. The van der Waals surface area contributed by atoms with Crippen LogP contribution in [0.5, 0.6) is 0 Å². The third kappa shape index (κ3) is 1.96. The van der Waals surface area contributed by atoms with Crippen molar-refractivity contribution in [1.82, 2.24) is 0 Å². The smallest absolute Gasteiger partial charge is 0.334 e. The Labute approximate surface area is 144 Å². The molecule has 4 aliphatic rings. The summed E-state index contributed by atoms with van der Waals surface area (Å²) >= 11 is 0. The van der Waals surface area contributed by atoms with Crippen molar-refractivity contribution >= 4 is 5.97 Å². The van der Waals surface area contributed by atoms with Gasteiger partial charge in [0.1, 0.15) is 6.10 Å². The average molecular weight is 334 g/mol. The maximum atomic E-state index is 12.0. The Kier molecular flexibility index (Phi) is 3.35. The number of ether oxygens (including phenoxy) is 1. The number of rotatable bonds is 0. The standard InChI is InChI=1S/C20H30O4/c1-11-12-10-20(23)9-6-13-18(2,3)7-5-8-19(13,4)16(20)14(21)15(12)24-17(11)22/h13-16,21,23H,5-10H2,1-4H3/t13-,14-,15+,16+,19-,20-/m1/s1. The number of aliphatic hydroxyl groups excluding tert-OH is 1. The van der Waals surface area contributed by atoms with Crippen molar-refractivity contribution in [3.63, 3.8) is 0 Å². The first-order valence-corrected chi connectivity index (χ1v) is 9.41. The largest absolute Gasteiger partial charge is 0.452 e. The van der Waals surface area contributed by atoms with E-state index in [1.807, 2.05) is 0 Å². The van der Waals surface area contributed by atoms with Gasteiger partial charge in [-0.05, 0) is 54.9 Å². The van der Waals surface area contributed by atoms with Crippen LogP contribution < -0.4 is 0 Å². The summed E-state index contributed by atoms with van der Waals surface area (Å²) < 4.78 is 5.49. The molecule has 0 bridgehead atoms. The molecule has 0 amide bonds. The van der Waals surface area contributed by atoms with Crippen LogP contribution in [0.2, 0.25) is 0 Å². The SMILES string of the molecule is CC1=C2C[C@]3(O)CC[C@@H]4C(C)(C)CCC[C@@]4(C)[C@@H]3[C@H](O)[C@H]2OC1=O. The molecule has 3 aliphatic carbocycles. The van der Waals surface area contributed by atoms with Crippen molar-refractivity contribution in [1.29, 1.82) is 0 Å². The van der Waals surface area contributed by atoms with Crippen LogP contribution in [0.15, 0.2) is 11.1 Å². The minimum atomic E-state index is -0.918. The van der Waals surface area contributed by atoms with E-state index < -0.39 is 17.8 Å². The fourth-order valence-electron chi connectivity index (χ4n) is 6.96. The molecule has 0 radical (unpaired) electrons. The lowest BCUT2D eigenvalue weighted by Gasteiger charge is -2.64. The summed E-state index contributed by atoms with van der Waals surface area (Å²) in [6, 6.07) is 0. The molecule has 0 aromatic heterocycles. The highest BCUT2D eigenvalue weighted by atomic mass is 16.6. The minimum Gasteiger partial charge on any atom is -0.452 e. The molecule has 4 nitrogen and oxygen atoms in total. The van der Waals surface area contributed by atoms with Crippen molar-refractivity contribution in [2.75, 3.05) is 0 Å². The number of esters is 1. The lowest BCUT2D eigenvalue weighted by Crippen LogP contribution is -2.66. The summed E-state index contributed by atoms with van der Waals surface area (Å²) in [7, 11) is 0. The number of carbonyl (C=O) groups is 1. The quantitative estimate of drug-likeness (QED) is 0.668. The van der Waals surface area contributed by atoms with Gasteiger partial charge in [-0.2, -0.15) is 0 Å². The molecule has 0 unspecified atom stereocenters. The van der Waals surface area contributed by atoms with Crippen LogP contribution in [0, 0.1) is 22.7 Å². The molecule has 3 saturated carbocycles. The lowest BCUT2D eigenvalue weighted by molar-refractivity contribution is -0.231. The summed E-state index contributed by atoms with van der Waals surface area (Å²) in [6.07, 6.45) is 4.18. The number of fused-ring (bicyclic) bond motifs is 4. The van der Waals surface area contributed by atoms with E-state index in [-0.39, 0.29) is 22.7 Å². The molecule has 0 saturated heterocycles. The van der Waals surface area contributed by atoms with Gasteiger partial charge in [0.25, 0.3) is 0 Å². The fraction of sp³-hybridized carbons (Fsp3) is 0.850. The maximum Gasteiger partial charge on any atom is 0.334 e. The van der Waals surface area contributed by atoms with Crippen LogP contribution in [0.4, 0.5) is 0 Å². The van der Waals surface area contributed by atoms with E-state index >= 15 is 0 Å². The van der Waals surface area contributed by atoms with E-state index in [9.17, 15) is 15.0 Å². The molecular weight excluding hydrogens is 304 g/mol. The summed E-state index contributed by atoms with van der Waals surface area (Å²) in [5.74, 6) is -0.0693. The van der Waals surface area contributed by atoms with Crippen molar-refractivity contribution in [2.24, 2.45) is 22.7 Å². The predicted molar refractivity (Wildman–Crippen MR) is 90.1 cm³/mol. The Bertz CT molecular complexity index is 621. The first kappa shape index (κ1) is 16.6. The maximum absolute atomic E-state index is 12.0. The van der Waals surface area contributed by atoms with Crippen LogP contribution in [-0.4, -0.2) is 34.0 Å². The van der Waals surface area contributed by atoms with E-state index in [1.54, 1.807) is 6.92 Å². The molecule has 24 heavy (non-hydrogen) atoms. The second-order valence-electron chi connectivity index (χ2n) is 9.66. The van der Waals surface area contributed by atoms with E-state index in [2.05, 4.69) is 20.8 Å². The number of hydrogen-bond donors (Lipinski definition) is 2. The van der Waals surface area contributed by atoms with Gasteiger partial charge in [0.15, 0.2) is 6.10 Å². The zero-order valence-electron chi connectivity index (χ0n) is 15.3. The Morgan fingerprint density at radius 2 is 1.88 bits per heavy atom. The third-order valence-electron chi connectivity index (χ3n) is 7.94. The minimum absolute atomic E-state index is 0.109. The molecule has 0 aromatic rings. The molecule has 0 aromatic carbocycles. The molecule has 0 spiro atoms. The zero-order valence-corrected chi connectivity index (χ0v) is 15.3. The molecular formula is C20H30O4. The highest BCUT2D eigenvalue weighted by Crippen LogP contribution is 2.65. The van der Waals surface area contributed by atoms with Gasteiger partial charge in [0, 0.05) is 17.9 Å². The van der Waals surface area contributed by atoms with Crippen molar-refractivity contribution < 1.29 is 19.7 Å². The van der Waals surface area contributed by atoms with Gasteiger partial charge in [-0.3, -0.25) is 0 Å². The second-order valence-corrected chi connectivity index (χ2v) is 9.66. The molecule has 6 atom stereocenters. The average Bonchev–Trinajstić information content (AvgIpc) is 2.73. The van der Waals surface area contributed by atoms with Gasteiger partial charge >= 0.3 is 5.97 Å². The van der Waals surface area contributed by atoms with E-state index in [0.29, 0.717) is 24.3 Å². The predicted octanol–water partition coefficient (Wildman–Crippen LogP) is 2.97. The monoisotopic (exact) mass is 334 g/mol. The summed E-state index contributed by atoms with van der Waals surface area (Å²) in [6.45, 7) is 8.68. The molecule has 1 aliphatic heterocycles. The highest BCUT2D eigenvalue weighted by Gasteiger charge is 2.65. The van der Waals surface area contributed by atoms with Crippen LogP contribution in [0.25, 0.3) is 0 Å². The Morgan fingerprint density at radius 1 is 1.17 bits per heavy atom. The van der Waals surface area contributed by atoms with Crippen molar-refractivity contribution in [3.8, 4) is 0 Å².